The number of nitrogens with two attached hydrogens (primary N) is 8. The fourth-order valence-electron chi connectivity index (χ4n) is 0. The van der Waals surface area contributed by atoms with Gasteiger partial charge in [0.1, 0.15) is 0 Å². The largest absolute Gasteiger partial charge is 0.329 e. The molecule has 20 heavy (non-hydrogen) atoms. The molecule has 128 valence electrons. The van der Waals surface area contributed by atoms with Crippen LogP contribution >= 0.6 is 0 Å². The van der Waals surface area contributed by atoms with E-state index in [1.165, 1.54) is 0 Å². The maximum absolute atomic E-state index is 4.90. The lowest BCUT2D eigenvalue weighted by atomic mass is 10.7. The molecule has 0 fully saturated rings. The molecule has 0 atom stereocenters. The van der Waals surface area contributed by atoms with Crippen molar-refractivity contribution in [3.63, 3.8) is 0 Å². The van der Waals surface area contributed by atoms with Gasteiger partial charge in [-0.15, -0.1) is 26.3 Å². The molecular weight excluding hydrogens is 256 g/mol. The molecule has 0 aliphatic rings. The second kappa shape index (κ2) is 104. The summed E-state index contributed by atoms with van der Waals surface area (Å²) in [6.07, 6.45) is 0. The molecule has 0 rings (SSSR count). The highest BCUT2D eigenvalue weighted by atomic mass is 14.6. The Morgan fingerprint density at radius 1 is 0.300 bits per heavy atom. The van der Waals surface area contributed by atoms with E-state index >= 15 is 0 Å². The van der Waals surface area contributed by atoms with E-state index in [1.807, 2.05) is 0 Å². The third-order valence-electron chi connectivity index (χ3n) is 0.667. The predicted molar refractivity (Wildman–Crippen MR) is 94.9 cm³/mol. The van der Waals surface area contributed by atoms with E-state index in [4.69, 9.17) is 45.9 Å². The van der Waals surface area contributed by atoms with Crippen molar-refractivity contribution in [3.8, 4) is 0 Å². The number of hydrogen-bond donors (Lipinski definition) is 8. The zero-order valence-corrected chi connectivity index (χ0v) is 13.1. The van der Waals surface area contributed by atoms with E-state index < -0.39 is 0 Å². The Labute approximate surface area is 125 Å². The van der Waals surface area contributed by atoms with Gasteiger partial charge in [0, 0.05) is 52.4 Å². The van der Waals surface area contributed by atoms with E-state index in [0.29, 0.717) is 52.4 Å². The highest BCUT2D eigenvalue weighted by Gasteiger charge is 1.55. The van der Waals surface area contributed by atoms with Gasteiger partial charge in [-0.05, 0) is 0 Å². The molecule has 16 N–H and O–H groups in total. The van der Waals surface area contributed by atoms with Crippen molar-refractivity contribution in [2.24, 2.45) is 45.9 Å². The van der Waals surface area contributed by atoms with E-state index in [1.54, 1.807) is 0 Å². The highest BCUT2D eigenvalue weighted by Crippen LogP contribution is 1.25. The summed E-state index contributed by atoms with van der Waals surface area (Å²) in [5.41, 5.74) is 39.2. The Morgan fingerprint density at radius 2 is 0.350 bits per heavy atom. The van der Waals surface area contributed by atoms with Crippen LogP contribution in [-0.2, 0) is 0 Å². The SMILES string of the molecule is C=C.C=C.NCCN.NCCN.NCCN.NCCN. The van der Waals surface area contributed by atoms with Crippen LogP contribution in [0.3, 0.4) is 0 Å². The minimum Gasteiger partial charge on any atom is -0.329 e. The van der Waals surface area contributed by atoms with Crippen LogP contribution in [0.2, 0.25) is 0 Å². The van der Waals surface area contributed by atoms with Crippen LogP contribution in [0.5, 0.6) is 0 Å². The second-order valence-electron chi connectivity index (χ2n) is 2.31. The standard InChI is InChI=1S/4C2H8N2.2C2H4/c4*3-1-2-4;2*1-2/h4*1-4H2;2*1-2H2. The molecule has 0 aromatic heterocycles. The van der Waals surface area contributed by atoms with E-state index in [0.717, 1.165) is 0 Å². The molecule has 0 heterocycles. The molecule has 0 aliphatic carbocycles. The molecule has 0 saturated carbocycles. The first-order valence-electron chi connectivity index (χ1n) is 6.27. The van der Waals surface area contributed by atoms with Gasteiger partial charge in [-0.25, -0.2) is 0 Å². The first-order valence-corrected chi connectivity index (χ1v) is 6.27. The molecule has 0 unspecified atom stereocenters. The van der Waals surface area contributed by atoms with Crippen LogP contribution in [0.1, 0.15) is 0 Å². The summed E-state index contributed by atoms with van der Waals surface area (Å²) in [4.78, 5) is 0. The Kier molecular flexibility index (Phi) is 190. The van der Waals surface area contributed by atoms with E-state index in [2.05, 4.69) is 26.3 Å². The van der Waals surface area contributed by atoms with Gasteiger partial charge in [-0.1, -0.05) is 0 Å². The molecule has 0 saturated heterocycles. The summed E-state index contributed by atoms with van der Waals surface area (Å²) < 4.78 is 0. The molecule has 0 aromatic rings. The van der Waals surface area contributed by atoms with Crippen LogP contribution in [0.4, 0.5) is 0 Å². The van der Waals surface area contributed by atoms with Gasteiger partial charge in [-0.2, -0.15) is 0 Å². The molecule has 0 spiro atoms. The highest BCUT2D eigenvalue weighted by molar-refractivity contribution is 4.27. The predicted octanol–water partition coefficient (Wildman–Crippen LogP) is -2.78. The Hall–Kier alpha value is -0.840. The minimum absolute atomic E-state index is 0.597. The summed E-state index contributed by atoms with van der Waals surface area (Å²) in [5.74, 6) is 0. The summed E-state index contributed by atoms with van der Waals surface area (Å²) in [6.45, 7) is 16.8. The lowest BCUT2D eigenvalue weighted by molar-refractivity contribution is 0.976. The molecule has 0 radical (unpaired) electrons. The van der Waals surface area contributed by atoms with Crippen molar-refractivity contribution in [3.05, 3.63) is 26.3 Å². The molecule has 0 bridgehead atoms. The van der Waals surface area contributed by atoms with Gasteiger partial charge in [-0.3, -0.25) is 0 Å². The van der Waals surface area contributed by atoms with Crippen molar-refractivity contribution >= 4 is 0 Å². The lowest BCUT2D eigenvalue weighted by Crippen LogP contribution is -2.11. The monoisotopic (exact) mass is 296 g/mol. The van der Waals surface area contributed by atoms with Crippen LogP contribution in [-0.4, -0.2) is 52.4 Å². The fraction of sp³-hybridized carbons (Fsp3) is 0.667. The maximum atomic E-state index is 4.90. The van der Waals surface area contributed by atoms with Crippen molar-refractivity contribution in [2.45, 2.75) is 0 Å². The Balaban J connectivity index is -0.0000000301. The van der Waals surface area contributed by atoms with E-state index in [-0.39, 0.29) is 0 Å². The summed E-state index contributed by atoms with van der Waals surface area (Å²) in [5, 5.41) is 0. The third-order valence-corrected chi connectivity index (χ3v) is 0.667. The number of hydrogen-bond acceptors (Lipinski definition) is 8. The molecule has 0 aliphatic heterocycles. The Bertz CT molecular complexity index is 59.9. The molecule has 0 amide bonds. The van der Waals surface area contributed by atoms with Gasteiger partial charge < -0.3 is 45.9 Å². The zero-order chi connectivity index (χ0) is 17.7. The average molecular weight is 297 g/mol. The zero-order valence-electron chi connectivity index (χ0n) is 13.1. The van der Waals surface area contributed by atoms with Crippen molar-refractivity contribution in [1.82, 2.24) is 0 Å². The summed E-state index contributed by atoms with van der Waals surface area (Å²) >= 11 is 0. The van der Waals surface area contributed by atoms with Crippen LogP contribution in [0.15, 0.2) is 26.3 Å². The summed E-state index contributed by atoms with van der Waals surface area (Å²) in [6, 6.07) is 0. The van der Waals surface area contributed by atoms with Gasteiger partial charge in [0.15, 0.2) is 0 Å². The molecule has 8 nitrogen and oxygen atoms in total. The Morgan fingerprint density at radius 3 is 0.350 bits per heavy atom. The maximum Gasteiger partial charge on any atom is 0.00461 e. The molecular formula is C12H40N8. The lowest BCUT2D eigenvalue weighted by Gasteiger charge is -1.72. The third kappa shape index (κ3) is 449. The summed E-state index contributed by atoms with van der Waals surface area (Å²) in [7, 11) is 0. The normalized spacial score (nSPS) is 6.40. The van der Waals surface area contributed by atoms with Crippen LogP contribution < -0.4 is 45.9 Å². The van der Waals surface area contributed by atoms with Gasteiger partial charge in [0.05, 0.1) is 0 Å². The molecule has 0 aromatic carbocycles. The molecule has 8 heteroatoms. The van der Waals surface area contributed by atoms with Gasteiger partial charge in [0.25, 0.3) is 0 Å². The van der Waals surface area contributed by atoms with Crippen molar-refractivity contribution in [1.29, 1.82) is 0 Å². The quantitative estimate of drug-likeness (QED) is 0.254. The smallest absolute Gasteiger partial charge is 0.00461 e. The number of rotatable bonds is 4. The first kappa shape index (κ1) is 36.5. The van der Waals surface area contributed by atoms with Crippen LogP contribution in [0, 0.1) is 0 Å². The minimum atomic E-state index is 0.597. The fourth-order valence-corrected chi connectivity index (χ4v) is 0. The van der Waals surface area contributed by atoms with Gasteiger partial charge >= 0.3 is 0 Å². The topological polar surface area (TPSA) is 208 Å². The van der Waals surface area contributed by atoms with Gasteiger partial charge in [0.2, 0.25) is 0 Å². The van der Waals surface area contributed by atoms with E-state index in [9.17, 15) is 0 Å². The van der Waals surface area contributed by atoms with Crippen LogP contribution in [0.25, 0.3) is 0 Å². The van der Waals surface area contributed by atoms with Crippen molar-refractivity contribution in [2.75, 3.05) is 52.4 Å². The second-order valence-corrected chi connectivity index (χ2v) is 2.31. The average Bonchev–Trinajstić information content (AvgIpc) is 2.58. The van der Waals surface area contributed by atoms with Crippen molar-refractivity contribution < 1.29 is 0 Å². The first-order chi connectivity index (χ1) is 9.66.